The maximum atomic E-state index is 11.9. The number of fused-ring (bicyclic) bond motifs is 2. The van der Waals surface area contributed by atoms with Gasteiger partial charge in [0.15, 0.2) is 0 Å². The molecule has 0 aromatic rings. The highest BCUT2D eigenvalue weighted by molar-refractivity contribution is 5.83. The third kappa shape index (κ3) is 1.28. The van der Waals surface area contributed by atoms with E-state index in [-0.39, 0.29) is 24.1 Å². The first-order chi connectivity index (χ1) is 7.68. The van der Waals surface area contributed by atoms with Gasteiger partial charge in [-0.3, -0.25) is 9.69 Å². The number of carbonyl (C=O) groups excluding carboxylic acids is 2. The number of carbonyl (C=O) groups is 2. The Balaban J connectivity index is 1.88. The number of amides is 1. The number of hydrogen-bond acceptors (Lipinski definition) is 3. The number of rotatable bonds is 0. The van der Waals surface area contributed by atoms with Gasteiger partial charge < -0.3 is 4.74 Å². The molecule has 1 amide bonds. The van der Waals surface area contributed by atoms with Crippen molar-refractivity contribution >= 4 is 11.9 Å². The van der Waals surface area contributed by atoms with Crippen molar-refractivity contribution in [2.45, 2.75) is 44.7 Å². The Morgan fingerprint density at radius 1 is 1.38 bits per heavy atom. The van der Waals surface area contributed by atoms with Gasteiger partial charge in [0, 0.05) is 18.4 Å². The molecule has 0 N–H and O–H groups in total. The van der Waals surface area contributed by atoms with Gasteiger partial charge in [0.1, 0.15) is 12.4 Å². The van der Waals surface area contributed by atoms with Gasteiger partial charge in [0.05, 0.1) is 6.04 Å². The van der Waals surface area contributed by atoms with Crippen molar-refractivity contribution in [3.63, 3.8) is 0 Å². The summed E-state index contributed by atoms with van der Waals surface area (Å²) in [7, 11) is 0. The molecule has 0 bridgehead atoms. The molecule has 16 heavy (non-hydrogen) atoms. The van der Waals surface area contributed by atoms with Crippen molar-refractivity contribution in [2.24, 2.45) is 11.8 Å². The Morgan fingerprint density at radius 2 is 2.19 bits per heavy atom. The predicted octanol–water partition coefficient (Wildman–Crippen LogP) is 1.58. The molecule has 2 heterocycles. The Kier molecular flexibility index (Phi) is 2.19. The molecular weight excluding hydrogens is 206 g/mol. The van der Waals surface area contributed by atoms with Gasteiger partial charge in [-0.2, -0.15) is 0 Å². The lowest BCUT2D eigenvalue weighted by Crippen LogP contribution is -2.54. The lowest BCUT2D eigenvalue weighted by Gasteiger charge is -2.45. The lowest BCUT2D eigenvalue weighted by molar-refractivity contribution is -0.131. The number of cyclic esters (lactones) is 1. The normalized spacial score (nSPS) is 42.7. The minimum absolute atomic E-state index is 0.144. The average Bonchev–Trinajstić information content (AvgIpc) is 2.63. The van der Waals surface area contributed by atoms with Crippen LogP contribution in [0.5, 0.6) is 0 Å². The van der Waals surface area contributed by atoms with Crippen LogP contribution in [-0.2, 0) is 9.53 Å². The number of ketones is 1. The molecular formula is C12H17NO3. The summed E-state index contributed by atoms with van der Waals surface area (Å²) in [6.07, 6.45) is 3.43. The van der Waals surface area contributed by atoms with E-state index < -0.39 is 0 Å². The molecule has 4 atom stereocenters. The second-order valence-electron chi connectivity index (χ2n) is 5.24. The maximum Gasteiger partial charge on any atom is 0.410 e. The third-order valence-electron chi connectivity index (χ3n) is 4.48. The molecule has 4 unspecified atom stereocenters. The van der Waals surface area contributed by atoms with Gasteiger partial charge in [0.2, 0.25) is 0 Å². The largest absolute Gasteiger partial charge is 0.447 e. The van der Waals surface area contributed by atoms with E-state index in [1.807, 2.05) is 4.90 Å². The summed E-state index contributed by atoms with van der Waals surface area (Å²) in [5, 5.41) is 0. The number of nitrogens with zero attached hydrogens (tertiary/aromatic N) is 1. The fraction of sp³-hybridized carbons (Fsp3) is 0.833. The standard InChI is InChI=1S/C12H17NO3/c1-7-9-3-2-4-11(14)10(9)5-8-6-16-12(15)13(7)8/h7-10H,2-6H2,1H3. The second-order valence-corrected chi connectivity index (χ2v) is 5.24. The summed E-state index contributed by atoms with van der Waals surface area (Å²) >= 11 is 0. The van der Waals surface area contributed by atoms with E-state index in [1.54, 1.807) is 0 Å². The van der Waals surface area contributed by atoms with Gasteiger partial charge in [-0.15, -0.1) is 0 Å². The Morgan fingerprint density at radius 3 is 3.00 bits per heavy atom. The first-order valence-electron chi connectivity index (χ1n) is 6.16. The van der Waals surface area contributed by atoms with E-state index in [1.165, 1.54) is 0 Å². The van der Waals surface area contributed by atoms with Crippen LogP contribution in [0.4, 0.5) is 4.79 Å². The molecule has 4 heteroatoms. The molecule has 3 rings (SSSR count). The van der Waals surface area contributed by atoms with Gasteiger partial charge in [0.25, 0.3) is 0 Å². The number of ether oxygens (including phenoxy) is 1. The van der Waals surface area contributed by atoms with Crippen LogP contribution < -0.4 is 0 Å². The van der Waals surface area contributed by atoms with Crippen molar-refractivity contribution < 1.29 is 14.3 Å². The van der Waals surface area contributed by atoms with E-state index in [0.717, 1.165) is 25.7 Å². The Bertz CT molecular complexity index is 341. The van der Waals surface area contributed by atoms with Crippen LogP contribution in [0.1, 0.15) is 32.6 Å². The predicted molar refractivity (Wildman–Crippen MR) is 56.9 cm³/mol. The van der Waals surface area contributed by atoms with Crippen LogP contribution in [0.15, 0.2) is 0 Å². The molecule has 88 valence electrons. The van der Waals surface area contributed by atoms with Gasteiger partial charge >= 0.3 is 6.09 Å². The monoisotopic (exact) mass is 223 g/mol. The molecule has 0 radical (unpaired) electrons. The summed E-state index contributed by atoms with van der Waals surface area (Å²) in [6, 6.07) is 0.314. The van der Waals surface area contributed by atoms with Crippen LogP contribution in [0.2, 0.25) is 0 Å². The second kappa shape index (κ2) is 3.47. The third-order valence-corrected chi connectivity index (χ3v) is 4.48. The molecule has 3 fully saturated rings. The average molecular weight is 223 g/mol. The van der Waals surface area contributed by atoms with Crippen LogP contribution >= 0.6 is 0 Å². The van der Waals surface area contributed by atoms with Gasteiger partial charge in [-0.25, -0.2) is 4.79 Å². The van der Waals surface area contributed by atoms with E-state index >= 15 is 0 Å². The topological polar surface area (TPSA) is 46.6 Å². The van der Waals surface area contributed by atoms with Crippen molar-refractivity contribution in [3.05, 3.63) is 0 Å². The molecule has 0 spiro atoms. The summed E-state index contributed by atoms with van der Waals surface area (Å²) in [6.45, 7) is 2.54. The summed E-state index contributed by atoms with van der Waals surface area (Å²) in [4.78, 5) is 25.4. The van der Waals surface area contributed by atoms with Gasteiger partial charge in [-0.1, -0.05) is 0 Å². The summed E-state index contributed by atoms with van der Waals surface area (Å²) in [5.41, 5.74) is 0. The highest BCUT2D eigenvalue weighted by Gasteiger charge is 2.49. The molecule has 3 aliphatic rings. The molecule has 0 aromatic heterocycles. The SMILES string of the molecule is CC1C2CCCC(=O)C2CC2COC(=O)N21. The number of hydrogen-bond donors (Lipinski definition) is 0. The van der Waals surface area contributed by atoms with E-state index in [2.05, 4.69) is 6.92 Å². The fourth-order valence-electron chi connectivity index (χ4n) is 3.67. The molecule has 0 aromatic carbocycles. The summed E-state index contributed by atoms with van der Waals surface area (Å²) < 4.78 is 5.09. The molecule has 2 aliphatic heterocycles. The van der Waals surface area contributed by atoms with Gasteiger partial charge in [-0.05, 0) is 32.1 Å². The van der Waals surface area contributed by atoms with E-state index in [4.69, 9.17) is 4.74 Å². The molecule has 1 saturated carbocycles. The Hall–Kier alpha value is -1.06. The lowest BCUT2D eigenvalue weighted by atomic mass is 9.69. The van der Waals surface area contributed by atoms with Crippen LogP contribution in [0.25, 0.3) is 0 Å². The zero-order chi connectivity index (χ0) is 11.3. The highest BCUT2D eigenvalue weighted by Crippen LogP contribution is 2.42. The van der Waals surface area contributed by atoms with Crippen molar-refractivity contribution in [1.82, 2.24) is 4.90 Å². The number of piperidine rings is 1. The zero-order valence-electron chi connectivity index (χ0n) is 9.52. The van der Waals surface area contributed by atoms with Crippen LogP contribution in [0, 0.1) is 11.8 Å². The first-order valence-corrected chi connectivity index (χ1v) is 6.16. The van der Waals surface area contributed by atoms with Crippen molar-refractivity contribution in [2.75, 3.05) is 6.61 Å². The minimum Gasteiger partial charge on any atom is -0.447 e. The quantitative estimate of drug-likeness (QED) is 0.626. The minimum atomic E-state index is -0.186. The van der Waals surface area contributed by atoms with E-state index in [0.29, 0.717) is 18.3 Å². The highest BCUT2D eigenvalue weighted by atomic mass is 16.6. The smallest absolute Gasteiger partial charge is 0.410 e. The van der Waals surface area contributed by atoms with Crippen molar-refractivity contribution in [1.29, 1.82) is 0 Å². The zero-order valence-corrected chi connectivity index (χ0v) is 9.52. The first kappa shape index (κ1) is 10.1. The van der Waals surface area contributed by atoms with E-state index in [9.17, 15) is 9.59 Å². The molecule has 2 saturated heterocycles. The molecule has 4 nitrogen and oxygen atoms in total. The Labute approximate surface area is 94.9 Å². The summed E-state index contributed by atoms with van der Waals surface area (Å²) in [5.74, 6) is 0.949. The number of Topliss-reactive ketones (excluding diaryl/α,β-unsaturated/α-hetero) is 1. The van der Waals surface area contributed by atoms with Crippen LogP contribution in [0.3, 0.4) is 0 Å². The van der Waals surface area contributed by atoms with Crippen molar-refractivity contribution in [3.8, 4) is 0 Å². The van der Waals surface area contributed by atoms with Crippen LogP contribution in [-0.4, -0.2) is 35.5 Å². The maximum absolute atomic E-state index is 11.9. The molecule has 1 aliphatic carbocycles. The fourth-order valence-corrected chi connectivity index (χ4v) is 3.67.